The highest BCUT2D eigenvalue weighted by Gasteiger charge is 1.99. The molecular weight excluding hydrogens is 186 g/mol. The Kier molecular flexibility index (Phi) is 4.24. The summed E-state index contributed by atoms with van der Waals surface area (Å²) in [6, 6.07) is 9.83. The van der Waals surface area contributed by atoms with E-state index in [0.29, 0.717) is 12.3 Å². The van der Waals surface area contributed by atoms with Crippen molar-refractivity contribution in [1.29, 1.82) is 5.26 Å². The molecule has 0 aromatic heterocycles. The van der Waals surface area contributed by atoms with Crippen LogP contribution in [0.2, 0.25) is 0 Å². The number of nitriles is 1. The van der Waals surface area contributed by atoms with Crippen LogP contribution in [0.5, 0.6) is 0 Å². The van der Waals surface area contributed by atoms with Crippen molar-refractivity contribution in [2.75, 3.05) is 7.05 Å². The number of rotatable bonds is 2. The van der Waals surface area contributed by atoms with Gasteiger partial charge in [0, 0.05) is 18.8 Å². The molecule has 0 aliphatic carbocycles. The smallest absolute Gasteiger partial charge is 0.153 e. The number of aliphatic imine (C=N–C) groups is 2. The fourth-order valence-electron chi connectivity index (χ4n) is 1.25. The van der Waals surface area contributed by atoms with E-state index in [1.807, 2.05) is 31.2 Å². The Labute approximate surface area is 89.8 Å². The molecule has 1 rings (SSSR count). The molecule has 76 valence electrons. The van der Waals surface area contributed by atoms with Crippen molar-refractivity contribution in [2.24, 2.45) is 9.98 Å². The van der Waals surface area contributed by atoms with E-state index in [2.05, 4.69) is 16.1 Å². The van der Waals surface area contributed by atoms with Gasteiger partial charge in [-0.3, -0.25) is 4.99 Å². The number of benzene rings is 1. The van der Waals surface area contributed by atoms with Gasteiger partial charge in [0.15, 0.2) is 5.84 Å². The fourth-order valence-corrected chi connectivity index (χ4v) is 1.25. The number of amidine groups is 1. The molecule has 0 saturated carbocycles. The topological polar surface area (TPSA) is 48.5 Å². The van der Waals surface area contributed by atoms with Crippen molar-refractivity contribution < 1.29 is 0 Å². The van der Waals surface area contributed by atoms with Crippen molar-refractivity contribution in [2.45, 2.75) is 13.3 Å². The lowest BCUT2D eigenvalue weighted by atomic mass is 10.1. The fraction of sp³-hybridized carbons (Fsp3) is 0.250. The zero-order valence-electron chi connectivity index (χ0n) is 8.94. The summed E-state index contributed by atoms with van der Waals surface area (Å²) in [5.74, 6) is 0.709. The molecule has 0 bridgehead atoms. The number of hydrogen-bond donors (Lipinski definition) is 0. The minimum Gasteiger partial charge on any atom is -0.270 e. The highest BCUT2D eigenvalue weighted by molar-refractivity contribution is 6.02. The van der Waals surface area contributed by atoms with Crippen molar-refractivity contribution in [3.05, 3.63) is 35.4 Å². The standard InChI is InChI=1S/C12H13N3/c1-3-15-12(14-2)11-6-4-10(5-7-11)8-9-13/h3-7H,8H2,1-2H3/b14-12-,15-3-. The molecule has 0 aliphatic heterocycles. The lowest BCUT2D eigenvalue weighted by Crippen LogP contribution is -1.97. The Hall–Kier alpha value is -1.95. The Bertz CT molecular complexity index is 407. The Morgan fingerprint density at radius 2 is 2.07 bits per heavy atom. The van der Waals surface area contributed by atoms with Crippen LogP contribution >= 0.6 is 0 Å². The second-order valence-corrected chi connectivity index (χ2v) is 2.97. The summed E-state index contributed by atoms with van der Waals surface area (Å²) in [5, 5.41) is 8.53. The Balaban J connectivity index is 2.93. The first-order chi connectivity index (χ1) is 7.31. The van der Waals surface area contributed by atoms with Crippen molar-refractivity contribution in [3.8, 4) is 6.07 Å². The third-order valence-corrected chi connectivity index (χ3v) is 1.96. The van der Waals surface area contributed by atoms with Gasteiger partial charge in [0.25, 0.3) is 0 Å². The maximum atomic E-state index is 8.53. The van der Waals surface area contributed by atoms with Crippen LogP contribution in [0.4, 0.5) is 0 Å². The molecule has 0 unspecified atom stereocenters. The van der Waals surface area contributed by atoms with Gasteiger partial charge in [0.05, 0.1) is 12.5 Å². The summed E-state index contributed by atoms with van der Waals surface area (Å²) in [7, 11) is 1.71. The van der Waals surface area contributed by atoms with Gasteiger partial charge in [0.1, 0.15) is 0 Å². The molecule has 1 aromatic carbocycles. The molecule has 0 atom stereocenters. The summed E-state index contributed by atoms with van der Waals surface area (Å²) in [5.41, 5.74) is 1.98. The highest BCUT2D eigenvalue weighted by Crippen LogP contribution is 2.06. The number of nitrogens with zero attached hydrogens (tertiary/aromatic N) is 3. The molecular formula is C12H13N3. The molecule has 0 fully saturated rings. The second-order valence-electron chi connectivity index (χ2n) is 2.97. The first-order valence-electron chi connectivity index (χ1n) is 4.73. The molecule has 0 amide bonds. The average Bonchev–Trinajstić information content (AvgIpc) is 2.28. The minimum absolute atomic E-state index is 0.440. The summed E-state index contributed by atoms with van der Waals surface area (Å²) in [6.45, 7) is 1.86. The van der Waals surface area contributed by atoms with Crippen LogP contribution < -0.4 is 0 Å². The number of hydrogen-bond acceptors (Lipinski definition) is 2. The van der Waals surface area contributed by atoms with E-state index in [1.54, 1.807) is 13.3 Å². The van der Waals surface area contributed by atoms with Crippen LogP contribution in [0, 0.1) is 11.3 Å². The third-order valence-electron chi connectivity index (χ3n) is 1.96. The van der Waals surface area contributed by atoms with Gasteiger partial charge in [-0.2, -0.15) is 5.26 Å². The average molecular weight is 199 g/mol. The first-order valence-corrected chi connectivity index (χ1v) is 4.73. The summed E-state index contributed by atoms with van der Waals surface area (Å²) in [4.78, 5) is 8.23. The van der Waals surface area contributed by atoms with Crippen LogP contribution in [-0.2, 0) is 6.42 Å². The lowest BCUT2D eigenvalue weighted by molar-refractivity contribution is 1.26. The predicted molar refractivity (Wildman–Crippen MR) is 62.4 cm³/mol. The van der Waals surface area contributed by atoms with Gasteiger partial charge in [0.2, 0.25) is 0 Å². The molecule has 0 aliphatic rings. The normalized spacial score (nSPS) is 11.7. The predicted octanol–water partition coefficient (Wildman–Crippen LogP) is 2.22. The van der Waals surface area contributed by atoms with E-state index >= 15 is 0 Å². The maximum absolute atomic E-state index is 8.53. The van der Waals surface area contributed by atoms with Crippen molar-refractivity contribution >= 4 is 12.1 Å². The molecule has 3 heteroatoms. The van der Waals surface area contributed by atoms with E-state index in [9.17, 15) is 0 Å². The van der Waals surface area contributed by atoms with Crippen molar-refractivity contribution in [3.63, 3.8) is 0 Å². The third kappa shape index (κ3) is 3.03. The molecule has 15 heavy (non-hydrogen) atoms. The van der Waals surface area contributed by atoms with E-state index in [4.69, 9.17) is 5.26 Å². The molecule has 1 aromatic rings. The quantitative estimate of drug-likeness (QED) is 0.532. The van der Waals surface area contributed by atoms with E-state index in [-0.39, 0.29) is 0 Å². The first kappa shape index (κ1) is 11.1. The summed E-state index contributed by atoms with van der Waals surface area (Å²) >= 11 is 0. The Morgan fingerprint density at radius 1 is 1.40 bits per heavy atom. The Morgan fingerprint density at radius 3 is 2.53 bits per heavy atom. The van der Waals surface area contributed by atoms with Crippen LogP contribution in [0.15, 0.2) is 34.3 Å². The van der Waals surface area contributed by atoms with Crippen LogP contribution in [-0.4, -0.2) is 19.1 Å². The van der Waals surface area contributed by atoms with Gasteiger partial charge in [-0.05, 0) is 12.5 Å². The van der Waals surface area contributed by atoms with Gasteiger partial charge >= 0.3 is 0 Å². The lowest BCUT2D eigenvalue weighted by Gasteiger charge is -2.00. The molecule has 0 spiro atoms. The van der Waals surface area contributed by atoms with Crippen molar-refractivity contribution in [1.82, 2.24) is 0 Å². The van der Waals surface area contributed by atoms with E-state index < -0.39 is 0 Å². The summed E-state index contributed by atoms with van der Waals surface area (Å²) < 4.78 is 0. The highest BCUT2D eigenvalue weighted by atomic mass is 14.9. The van der Waals surface area contributed by atoms with E-state index in [0.717, 1.165) is 11.1 Å². The SMILES string of the molecule is C/C=N\C(=N/C)c1ccc(CC#N)cc1. The molecule has 3 nitrogen and oxygen atoms in total. The molecule has 0 radical (unpaired) electrons. The van der Waals surface area contributed by atoms with Gasteiger partial charge in [-0.15, -0.1) is 0 Å². The maximum Gasteiger partial charge on any atom is 0.153 e. The van der Waals surface area contributed by atoms with Crippen LogP contribution in [0.25, 0.3) is 0 Å². The molecule has 0 N–H and O–H groups in total. The zero-order valence-corrected chi connectivity index (χ0v) is 8.94. The van der Waals surface area contributed by atoms with Crippen LogP contribution in [0.1, 0.15) is 18.1 Å². The minimum atomic E-state index is 0.440. The molecule has 0 heterocycles. The van der Waals surface area contributed by atoms with Gasteiger partial charge in [-0.1, -0.05) is 24.3 Å². The largest absolute Gasteiger partial charge is 0.270 e. The van der Waals surface area contributed by atoms with Crippen LogP contribution in [0.3, 0.4) is 0 Å². The van der Waals surface area contributed by atoms with Gasteiger partial charge in [-0.25, -0.2) is 4.99 Å². The summed E-state index contributed by atoms with van der Waals surface area (Å²) in [6.07, 6.45) is 2.15. The second kappa shape index (κ2) is 5.71. The monoisotopic (exact) mass is 199 g/mol. The van der Waals surface area contributed by atoms with Gasteiger partial charge < -0.3 is 0 Å². The zero-order chi connectivity index (χ0) is 11.1. The van der Waals surface area contributed by atoms with E-state index in [1.165, 1.54) is 0 Å². The molecule has 0 saturated heterocycles.